The van der Waals surface area contributed by atoms with Crippen molar-refractivity contribution in [3.8, 4) is 0 Å². The number of esters is 1. The van der Waals surface area contributed by atoms with Crippen molar-refractivity contribution in [3.05, 3.63) is 29.3 Å². The highest BCUT2D eigenvalue weighted by Crippen LogP contribution is 2.35. The fourth-order valence-electron chi connectivity index (χ4n) is 3.14. The van der Waals surface area contributed by atoms with E-state index < -0.39 is 0 Å². The van der Waals surface area contributed by atoms with E-state index in [4.69, 9.17) is 4.98 Å². The van der Waals surface area contributed by atoms with E-state index in [9.17, 15) is 9.59 Å². The number of hydrogen-bond acceptors (Lipinski definition) is 6. The molecule has 1 unspecified atom stereocenters. The Morgan fingerprint density at radius 2 is 2.20 bits per heavy atom. The van der Waals surface area contributed by atoms with Crippen LogP contribution in [-0.4, -0.2) is 48.5 Å². The number of benzene rings is 1. The summed E-state index contributed by atoms with van der Waals surface area (Å²) in [7, 11) is 1.35. The number of carbonyl (C=O) groups excluding carboxylic acids is 2. The normalized spacial score (nSPS) is 18.2. The molecule has 0 radical (unpaired) electrons. The molecule has 1 aromatic heterocycles. The summed E-state index contributed by atoms with van der Waals surface area (Å²) in [5.41, 5.74) is 1.02. The Bertz CT molecular complexity index is 713. The second-order valence-electron chi connectivity index (χ2n) is 6.18. The lowest BCUT2D eigenvalue weighted by Gasteiger charge is -2.33. The summed E-state index contributed by atoms with van der Waals surface area (Å²) in [6.07, 6.45) is 3.47. The molecule has 0 bridgehead atoms. The zero-order valence-corrected chi connectivity index (χ0v) is 15.2. The smallest absolute Gasteiger partial charge is 0.307 e. The standard InChI is InChI=1S/C18H23N3O3S/c1-24-17(23)9-10-19-16(22)12-21-11-5-4-7-14(21)18-20-13-6-2-3-8-15(13)25-18/h2-3,6,8,14H,4-5,7,9-12H2,1H3,(H,19,22). The van der Waals surface area contributed by atoms with Gasteiger partial charge in [-0.25, -0.2) is 4.98 Å². The van der Waals surface area contributed by atoms with Crippen molar-refractivity contribution >= 4 is 33.4 Å². The van der Waals surface area contributed by atoms with E-state index >= 15 is 0 Å². The number of ether oxygens (including phenoxy) is 1. The fourth-order valence-corrected chi connectivity index (χ4v) is 4.28. The number of carbonyl (C=O) groups is 2. The fraction of sp³-hybridized carbons (Fsp3) is 0.500. The van der Waals surface area contributed by atoms with E-state index in [1.54, 1.807) is 11.3 Å². The molecule has 1 aliphatic heterocycles. The molecule has 0 aliphatic carbocycles. The zero-order chi connectivity index (χ0) is 17.6. The van der Waals surface area contributed by atoms with Crippen LogP contribution in [0, 0.1) is 0 Å². The number of fused-ring (bicyclic) bond motifs is 1. The Kier molecular flexibility index (Phi) is 5.99. The van der Waals surface area contributed by atoms with Crippen LogP contribution in [0.3, 0.4) is 0 Å². The monoisotopic (exact) mass is 361 g/mol. The van der Waals surface area contributed by atoms with Crippen molar-refractivity contribution in [2.75, 3.05) is 26.7 Å². The number of aromatic nitrogens is 1. The minimum Gasteiger partial charge on any atom is -0.469 e. The van der Waals surface area contributed by atoms with Gasteiger partial charge in [-0.05, 0) is 31.5 Å². The molecule has 1 fully saturated rings. The maximum Gasteiger partial charge on any atom is 0.307 e. The highest BCUT2D eigenvalue weighted by atomic mass is 32.1. The summed E-state index contributed by atoms with van der Waals surface area (Å²) in [4.78, 5) is 30.3. The number of rotatable bonds is 6. The Morgan fingerprint density at radius 1 is 1.36 bits per heavy atom. The maximum atomic E-state index is 12.2. The minimum absolute atomic E-state index is 0.0584. The molecule has 1 N–H and O–H groups in total. The second-order valence-corrected chi connectivity index (χ2v) is 7.24. The third-order valence-electron chi connectivity index (χ3n) is 4.43. The van der Waals surface area contributed by atoms with Gasteiger partial charge in [0, 0.05) is 6.54 Å². The third kappa shape index (κ3) is 4.55. The molecule has 25 heavy (non-hydrogen) atoms. The van der Waals surface area contributed by atoms with Crippen molar-refractivity contribution in [2.24, 2.45) is 0 Å². The zero-order valence-electron chi connectivity index (χ0n) is 14.4. The molecule has 0 saturated carbocycles. The number of hydrogen-bond donors (Lipinski definition) is 1. The number of nitrogens with one attached hydrogen (secondary N) is 1. The van der Waals surface area contributed by atoms with Crippen molar-refractivity contribution in [3.63, 3.8) is 0 Å². The molecule has 1 saturated heterocycles. The van der Waals surface area contributed by atoms with Crippen LogP contribution < -0.4 is 5.32 Å². The first-order valence-corrected chi connectivity index (χ1v) is 9.42. The molecule has 1 atom stereocenters. The summed E-state index contributed by atoms with van der Waals surface area (Å²) >= 11 is 1.71. The van der Waals surface area contributed by atoms with Gasteiger partial charge >= 0.3 is 5.97 Å². The highest BCUT2D eigenvalue weighted by Gasteiger charge is 2.28. The van der Waals surface area contributed by atoms with Crippen molar-refractivity contribution < 1.29 is 14.3 Å². The van der Waals surface area contributed by atoms with Gasteiger partial charge < -0.3 is 10.1 Å². The highest BCUT2D eigenvalue weighted by molar-refractivity contribution is 7.18. The summed E-state index contributed by atoms with van der Waals surface area (Å²) in [5.74, 6) is -0.373. The maximum absolute atomic E-state index is 12.2. The molecule has 134 valence electrons. The van der Waals surface area contributed by atoms with Crippen molar-refractivity contribution in [1.29, 1.82) is 0 Å². The Labute approximate surface area is 151 Å². The van der Waals surface area contributed by atoms with Gasteiger partial charge in [-0.3, -0.25) is 14.5 Å². The van der Waals surface area contributed by atoms with Crippen LogP contribution in [0.2, 0.25) is 0 Å². The van der Waals surface area contributed by atoms with E-state index in [-0.39, 0.29) is 24.3 Å². The van der Waals surface area contributed by atoms with Gasteiger partial charge in [-0.2, -0.15) is 0 Å². The molecule has 3 rings (SSSR count). The second kappa shape index (κ2) is 8.40. The van der Waals surface area contributed by atoms with Gasteiger partial charge in [0.1, 0.15) is 5.01 Å². The third-order valence-corrected chi connectivity index (χ3v) is 5.57. The first kappa shape index (κ1) is 17.8. The molecular formula is C18H23N3O3S. The number of nitrogens with zero attached hydrogens (tertiary/aromatic N) is 2. The molecule has 1 aromatic carbocycles. The van der Waals surface area contributed by atoms with Gasteiger partial charge in [-0.15, -0.1) is 11.3 Å². The van der Waals surface area contributed by atoms with Gasteiger partial charge in [-0.1, -0.05) is 18.6 Å². The quantitative estimate of drug-likeness (QED) is 0.801. The average molecular weight is 361 g/mol. The number of para-hydroxylation sites is 1. The van der Waals surface area contributed by atoms with E-state index in [1.165, 1.54) is 11.8 Å². The van der Waals surface area contributed by atoms with Crippen molar-refractivity contribution in [2.45, 2.75) is 31.7 Å². The number of likely N-dealkylation sites (tertiary alicyclic amines) is 1. The summed E-state index contributed by atoms with van der Waals surface area (Å²) in [6, 6.07) is 8.33. The number of piperidine rings is 1. The average Bonchev–Trinajstić information content (AvgIpc) is 3.06. The van der Waals surface area contributed by atoms with Gasteiger partial charge in [0.05, 0.1) is 36.3 Å². The molecule has 6 nitrogen and oxygen atoms in total. The summed E-state index contributed by atoms with van der Waals surface area (Å²) in [5, 5.41) is 3.88. The molecule has 1 amide bonds. The Morgan fingerprint density at radius 3 is 3.00 bits per heavy atom. The topological polar surface area (TPSA) is 71.5 Å². The lowest BCUT2D eigenvalue weighted by atomic mass is 10.0. The van der Waals surface area contributed by atoms with E-state index in [0.717, 1.165) is 36.3 Å². The van der Waals surface area contributed by atoms with Crippen molar-refractivity contribution in [1.82, 2.24) is 15.2 Å². The van der Waals surface area contributed by atoms with Crippen LogP contribution in [0.15, 0.2) is 24.3 Å². The predicted octanol–water partition coefficient (Wildman–Crippen LogP) is 2.50. The van der Waals surface area contributed by atoms with Crippen LogP contribution >= 0.6 is 11.3 Å². The van der Waals surface area contributed by atoms with E-state index in [0.29, 0.717) is 13.1 Å². The van der Waals surface area contributed by atoms with Crippen LogP contribution in [0.4, 0.5) is 0 Å². The van der Waals surface area contributed by atoms with Crippen LogP contribution in [0.1, 0.15) is 36.7 Å². The summed E-state index contributed by atoms with van der Waals surface area (Å²) in [6.45, 7) is 1.54. The number of amides is 1. The van der Waals surface area contributed by atoms with Gasteiger partial charge in [0.2, 0.25) is 5.91 Å². The van der Waals surface area contributed by atoms with Crippen LogP contribution in [0.25, 0.3) is 10.2 Å². The lowest BCUT2D eigenvalue weighted by Crippen LogP contribution is -2.42. The number of methoxy groups -OCH3 is 1. The lowest BCUT2D eigenvalue weighted by molar-refractivity contribution is -0.140. The summed E-state index contributed by atoms with van der Waals surface area (Å²) < 4.78 is 5.76. The van der Waals surface area contributed by atoms with E-state index in [2.05, 4.69) is 21.0 Å². The largest absolute Gasteiger partial charge is 0.469 e. The molecule has 2 heterocycles. The van der Waals surface area contributed by atoms with Gasteiger partial charge in [0.15, 0.2) is 0 Å². The first-order valence-electron chi connectivity index (χ1n) is 8.60. The molecule has 7 heteroatoms. The minimum atomic E-state index is -0.314. The molecule has 1 aliphatic rings. The predicted molar refractivity (Wildman–Crippen MR) is 97.4 cm³/mol. The van der Waals surface area contributed by atoms with Crippen LogP contribution in [0.5, 0.6) is 0 Å². The Hall–Kier alpha value is -1.99. The van der Waals surface area contributed by atoms with Crippen LogP contribution in [-0.2, 0) is 14.3 Å². The molecule has 2 aromatic rings. The van der Waals surface area contributed by atoms with Gasteiger partial charge in [0.25, 0.3) is 0 Å². The Balaban J connectivity index is 1.62. The molecule has 0 spiro atoms. The SMILES string of the molecule is COC(=O)CCNC(=O)CN1CCCCC1c1nc2ccccc2s1. The molecular weight excluding hydrogens is 338 g/mol. The first-order chi connectivity index (χ1) is 12.2. The number of thiazole rings is 1. The van der Waals surface area contributed by atoms with E-state index in [1.807, 2.05) is 18.2 Å².